The second-order valence-electron chi connectivity index (χ2n) is 5.25. The molecule has 0 spiro atoms. The Morgan fingerprint density at radius 1 is 1.18 bits per heavy atom. The summed E-state index contributed by atoms with van der Waals surface area (Å²) in [6.45, 7) is 14.7. The van der Waals surface area contributed by atoms with Crippen LogP contribution >= 0.6 is 0 Å². The smallest absolute Gasteiger partial charge is 0.0327 e. The summed E-state index contributed by atoms with van der Waals surface area (Å²) in [5.41, 5.74) is 6.29. The molecule has 0 aromatic heterocycles. The molecule has 2 N–H and O–H groups in total. The lowest BCUT2D eigenvalue weighted by atomic mass is 9.91. The average Bonchev–Trinajstić information content (AvgIpc) is 2.84. The summed E-state index contributed by atoms with van der Waals surface area (Å²) in [7, 11) is 0. The molecule has 0 aromatic rings. The van der Waals surface area contributed by atoms with Crippen LogP contribution in [0.25, 0.3) is 0 Å². The van der Waals surface area contributed by atoms with Crippen molar-refractivity contribution < 1.29 is 0 Å². The Hall–Kier alpha value is -0.120. The van der Waals surface area contributed by atoms with Crippen molar-refractivity contribution in [3.63, 3.8) is 0 Å². The molecular weight excluding hydrogens is 210 g/mol. The Balaban J connectivity index is 2.65. The van der Waals surface area contributed by atoms with Crippen molar-refractivity contribution in [1.29, 1.82) is 0 Å². The predicted octanol–water partition coefficient (Wildman–Crippen LogP) is 1.92. The molecular formula is C14H31N3. The molecule has 1 atom stereocenters. The lowest BCUT2D eigenvalue weighted by molar-refractivity contribution is 0.0998. The van der Waals surface area contributed by atoms with Crippen molar-refractivity contribution in [2.24, 2.45) is 5.73 Å². The zero-order chi connectivity index (χ0) is 12.9. The molecule has 1 unspecified atom stereocenters. The van der Waals surface area contributed by atoms with Crippen LogP contribution in [0.2, 0.25) is 0 Å². The minimum absolute atomic E-state index is 0.252. The van der Waals surface area contributed by atoms with Gasteiger partial charge in [0.25, 0.3) is 0 Å². The first-order valence-corrected chi connectivity index (χ1v) is 7.36. The first-order valence-electron chi connectivity index (χ1n) is 7.36. The molecule has 3 heteroatoms. The quantitative estimate of drug-likeness (QED) is 0.739. The molecule has 1 rings (SSSR count). The monoisotopic (exact) mass is 241 g/mol. The summed E-state index contributed by atoms with van der Waals surface area (Å²) in [4.78, 5) is 5.24. The number of rotatable bonds is 7. The van der Waals surface area contributed by atoms with Gasteiger partial charge in [0.15, 0.2) is 0 Å². The summed E-state index contributed by atoms with van der Waals surface area (Å²) in [6.07, 6.45) is 3.65. The summed E-state index contributed by atoms with van der Waals surface area (Å²) in [6, 6.07) is 0.744. The second kappa shape index (κ2) is 6.72. The van der Waals surface area contributed by atoms with Crippen LogP contribution in [0.5, 0.6) is 0 Å². The fraction of sp³-hybridized carbons (Fsp3) is 1.00. The van der Waals surface area contributed by atoms with Crippen molar-refractivity contribution in [3.05, 3.63) is 0 Å². The lowest BCUT2D eigenvalue weighted by Gasteiger charge is -2.40. The van der Waals surface area contributed by atoms with E-state index in [1.807, 2.05) is 0 Å². The molecule has 1 heterocycles. The van der Waals surface area contributed by atoms with Crippen molar-refractivity contribution >= 4 is 0 Å². The standard InChI is InChI=1S/C14H31N3/c1-5-14(6-2,12-15)17-10-9-13(11-17)16(7-3)8-4/h13H,5-12,15H2,1-4H3. The molecule has 102 valence electrons. The summed E-state index contributed by atoms with van der Waals surface area (Å²) in [5.74, 6) is 0. The molecule has 0 aliphatic carbocycles. The second-order valence-corrected chi connectivity index (χ2v) is 5.25. The third-order valence-corrected chi connectivity index (χ3v) is 4.86. The molecule has 1 aliphatic heterocycles. The Labute approximate surface area is 107 Å². The topological polar surface area (TPSA) is 32.5 Å². The highest BCUT2D eigenvalue weighted by Crippen LogP contribution is 2.28. The maximum Gasteiger partial charge on any atom is 0.0327 e. The van der Waals surface area contributed by atoms with Crippen LogP contribution in [-0.2, 0) is 0 Å². The number of hydrogen-bond donors (Lipinski definition) is 1. The van der Waals surface area contributed by atoms with Gasteiger partial charge in [0, 0.05) is 31.2 Å². The Bertz CT molecular complexity index is 201. The Morgan fingerprint density at radius 2 is 1.76 bits per heavy atom. The third-order valence-electron chi connectivity index (χ3n) is 4.86. The molecule has 1 aliphatic rings. The van der Waals surface area contributed by atoms with E-state index >= 15 is 0 Å². The van der Waals surface area contributed by atoms with Crippen LogP contribution in [0.15, 0.2) is 0 Å². The first kappa shape index (κ1) is 14.9. The maximum atomic E-state index is 6.04. The van der Waals surface area contributed by atoms with Gasteiger partial charge in [-0.1, -0.05) is 27.7 Å². The largest absolute Gasteiger partial charge is 0.329 e. The minimum Gasteiger partial charge on any atom is -0.329 e. The van der Waals surface area contributed by atoms with Crippen LogP contribution < -0.4 is 5.73 Å². The van der Waals surface area contributed by atoms with Crippen LogP contribution in [-0.4, -0.2) is 54.1 Å². The summed E-state index contributed by atoms with van der Waals surface area (Å²) in [5, 5.41) is 0. The van der Waals surface area contributed by atoms with Gasteiger partial charge in [0.05, 0.1) is 0 Å². The van der Waals surface area contributed by atoms with Crippen molar-refractivity contribution in [2.75, 3.05) is 32.7 Å². The van der Waals surface area contributed by atoms with Gasteiger partial charge in [-0.3, -0.25) is 9.80 Å². The van der Waals surface area contributed by atoms with Gasteiger partial charge < -0.3 is 5.73 Å². The molecule has 17 heavy (non-hydrogen) atoms. The number of nitrogens with two attached hydrogens (primary N) is 1. The fourth-order valence-electron chi connectivity index (χ4n) is 3.33. The highest BCUT2D eigenvalue weighted by Gasteiger charge is 2.38. The molecule has 1 fully saturated rings. The van der Waals surface area contributed by atoms with Crippen LogP contribution in [0.4, 0.5) is 0 Å². The molecule has 1 saturated heterocycles. The van der Waals surface area contributed by atoms with E-state index in [1.165, 1.54) is 45.4 Å². The summed E-state index contributed by atoms with van der Waals surface area (Å²) >= 11 is 0. The van der Waals surface area contributed by atoms with Crippen LogP contribution in [0.3, 0.4) is 0 Å². The average molecular weight is 241 g/mol. The lowest BCUT2D eigenvalue weighted by Crippen LogP contribution is -2.53. The van der Waals surface area contributed by atoms with E-state index in [-0.39, 0.29) is 5.54 Å². The number of nitrogens with zero attached hydrogens (tertiary/aromatic N) is 2. The van der Waals surface area contributed by atoms with Gasteiger partial charge in [-0.25, -0.2) is 0 Å². The normalized spacial score (nSPS) is 22.6. The Morgan fingerprint density at radius 3 is 2.18 bits per heavy atom. The van der Waals surface area contributed by atoms with Crippen LogP contribution in [0, 0.1) is 0 Å². The fourth-order valence-corrected chi connectivity index (χ4v) is 3.33. The van der Waals surface area contributed by atoms with E-state index in [4.69, 9.17) is 5.73 Å². The molecule has 0 amide bonds. The van der Waals surface area contributed by atoms with E-state index in [1.54, 1.807) is 0 Å². The Kier molecular flexibility index (Phi) is 5.90. The molecule has 0 saturated carbocycles. The van der Waals surface area contributed by atoms with Crippen molar-refractivity contribution in [2.45, 2.75) is 58.5 Å². The molecule has 0 bridgehead atoms. The van der Waals surface area contributed by atoms with E-state index in [9.17, 15) is 0 Å². The van der Waals surface area contributed by atoms with Gasteiger partial charge in [0.2, 0.25) is 0 Å². The zero-order valence-electron chi connectivity index (χ0n) is 12.2. The van der Waals surface area contributed by atoms with Gasteiger partial charge in [0.1, 0.15) is 0 Å². The van der Waals surface area contributed by atoms with E-state index in [2.05, 4.69) is 37.5 Å². The van der Waals surface area contributed by atoms with Crippen molar-refractivity contribution in [3.8, 4) is 0 Å². The molecule has 0 aromatic carbocycles. The minimum atomic E-state index is 0.252. The van der Waals surface area contributed by atoms with E-state index < -0.39 is 0 Å². The van der Waals surface area contributed by atoms with Gasteiger partial charge in [-0.15, -0.1) is 0 Å². The van der Waals surface area contributed by atoms with Crippen molar-refractivity contribution in [1.82, 2.24) is 9.80 Å². The highest BCUT2D eigenvalue weighted by atomic mass is 15.3. The van der Waals surface area contributed by atoms with Gasteiger partial charge in [-0.05, 0) is 32.4 Å². The van der Waals surface area contributed by atoms with E-state index in [0.29, 0.717) is 0 Å². The van der Waals surface area contributed by atoms with Gasteiger partial charge >= 0.3 is 0 Å². The highest BCUT2D eigenvalue weighted by molar-refractivity contribution is 4.96. The predicted molar refractivity (Wildman–Crippen MR) is 75.3 cm³/mol. The molecule has 3 nitrogen and oxygen atoms in total. The maximum absolute atomic E-state index is 6.04. The van der Waals surface area contributed by atoms with E-state index in [0.717, 1.165) is 12.6 Å². The first-order chi connectivity index (χ1) is 8.17. The van der Waals surface area contributed by atoms with Gasteiger partial charge in [-0.2, -0.15) is 0 Å². The number of likely N-dealkylation sites (N-methyl/N-ethyl adjacent to an activating group) is 1. The SMILES string of the molecule is CCN(CC)C1CCN(C(CC)(CC)CN)C1. The van der Waals surface area contributed by atoms with Crippen LogP contribution in [0.1, 0.15) is 47.0 Å². The number of hydrogen-bond acceptors (Lipinski definition) is 3. The zero-order valence-corrected chi connectivity index (χ0v) is 12.2. The number of likely N-dealkylation sites (tertiary alicyclic amines) is 1. The summed E-state index contributed by atoms with van der Waals surface area (Å²) < 4.78 is 0. The third kappa shape index (κ3) is 3.01. The molecule has 0 radical (unpaired) electrons.